The second-order valence-corrected chi connectivity index (χ2v) is 7.09. The van der Waals surface area contributed by atoms with E-state index in [-0.39, 0.29) is 17.7 Å². The van der Waals surface area contributed by atoms with Crippen LogP contribution >= 0.6 is 11.3 Å². The van der Waals surface area contributed by atoms with Gasteiger partial charge < -0.3 is 15.8 Å². The van der Waals surface area contributed by atoms with E-state index in [0.717, 1.165) is 16.7 Å². The minimum absolute atomic E-state index is 0.0755. The van der Waals surface area contributed by atoms with Crippen LogP contribution in [-0.4, -0.2) is 29.1 Å². The Balaban J connectivity index is 1.97. The zero-order valence-corrected chi connectivity index (χ0v) is 14.0. The molecule has 1 aromatic heterocycles. The summed E-state index contributed by atoms with van der Waals surface area (Å²) in [5.41, 5.74) is 3.60. The molecule has 23 heavy (non-hydrogen) atoms. The van der Waals surface area contributed by atoms with Crippen molar-refractivity contribution in [2.75, 3.05) is 6.61 Å². The van der Waals surface area contributed by atoms with Crippen LogP contribution in [0.2, 0.25) is 0 Å². The third kappa shape index (κ3) is 3.22. The van der Waals surface area contributed by atoms with Crippen LogP contribution in [0.4, 0.5) is 13.2 Å². The molecule has 1 aliphatic carbocycles. The largest absolute Gasteiger partial charge is 0.434 e. The lowest BCUT2D eigenvalue weighted by Crippen LogP contribution is -2.75. The van der Waals surface area contributed by atoms with Gasteiger partial charge in [0.05, 0.1) is 12.6 Å². The predicted octanol–water partition coefficient (Wildman–Crippen LogP) is 2.31. The number of amides is 1. The summed E-state index contributed by atoms with van der Waals surface area (Å²) in [5.74, 6) is -0.401. The van der Waals surface area contributed by atoms with E-state index in [4.69, 9.17) is 10.5 Å². The monoisotopic (exact) mass is 351 g/mol. The average molecular weight is 351 g/mol. The molecule has 0 spiro atoms. The highest BCUT2D eigenvalue weighted by molar-refractivity contribution is 7.09. The van der Waals surface area contributed by atoms with Gasteiger partial charge in [-0.2, -0.15) is 13.2 Å². The first-order valence-corrected chi connectivity index (χ1v) is 8.10. The molecular formula is C14H20F3N3O2S. The molecule has 1 aromatic rings. The normalized spacial score (nSPS) is 26.7. The fourth-order valence-electron chi connectivity index (χ4n) is 2.66. The summed E-state index contributed by atoms with van der Waals surface area (Å²) in [6.45, 7) is 6.02. The molecular weight excluding hydrogens is 331 g/mol. The first-order chi connectivity index (χ1) is 10.5. The number of carbonyl (C=O) groups is 1. The second-order valence-electron chi connectivity index (χ2n) is 6.15. The number of thiazole rings is 1. The standard InChI is InChI=1S/C14H20F3N3O2S/c1-4-22-9-5-13(18,12(9,2)3)11(21)19-6-10-20-8(7-23-10)14(15,16)17/h7,9H,4-6,18H2,1-3H3,(H,19,21). The minimum Gasteiger partial charge on any atom is -0.378 e. The van der Waals surface area contributed by atoms with Gasteiger partial charge in [-0.05, 0) is 6.92 Å². The smallest absolute Gasteiger partial charge is 0.378 e. The van der Waals surface area contributed by atoms with Crippen LogP contribution in [0.3, 0.4) is 0 Å². The van der Waals surface area contributed by atoms with Crippen LogP contribution in [0, 0.1) is 5.41 Å². The van der Waals surface area contributed by atoms with Crippen molar-refractivity contribution >= 4 is 17.2 Å². The van der Waals surface area contributed by atoms with Gasteiger partial charge in [0.25, 0.3) is 0 Å². The van der Waals surface area contributed by atoms with Crippen LogP contribution in [0.15, 0.2) is 5.38 Å². The van der Waals surface area contributed by atoms with Crippen LogP contribution < -0.4 is 11.1 Å². The summed E-state index contributed by atoms with van der Waals surface area (Å²) in [6.07, 6.45) is -4.21. The summed E-state index contributed by atoms with van der Waals surface area (Å²) in [6, 6.07) is 0. The molecule has 0 aromatic carbocycles. The van der Waals surface area contributed by atoms with Gasteiger partial charge in [0.1, 0.15) is 10.5 Å². The lowest BCUT2D eigenvalue weighted by atomic mass is 9.54. The van der Waals surface area contributed by atoms with Gasteiger partial charge >= 0.3 is 6.18 Å². The Morgan fingerprint density at radius 2 is 2.22 bits per heavy atom. The maximum absolute atomic E-state index is 12.5. The molecule has 2 unspecified atom stereocenters. The number of rotatable bonds is 5. The number of hydrogen-bond acceptors (Lipinski definition) is 5. The van der Waals surface area contributed by atoms with Gasteiger partial charge in [-0.25, -0.2) is 4.98 Å². The number of nitrogens with zero attached hydrogens (tertiary/aromatic N) is 1. The molecule has 0 saturated heterocycles. The summed E-state index contributed by atoms with van der Waals surface area (Å²) in [7, 11) is 0. The third-order valence-corrected chi connectivity index (χ3v) is 5.33. The minimum atomic E-state index is -4.48. The van der Waals surface area contributed by atoms with Gasteiger partial charge in [-0.3, -0.25) is 4.79 Å². The fourth-order valence-corrected chi connectivity index (χ4v) is 3.40. The van der Waals surface area contributed by atoms with Crippen LogP contribution in [0.5, 0.6) is 0 Å². The van der Waals surface area contributed by atoms with Crippen molar-refractivity contribution < 1.29 is 22.7 Å². The SMILES string of the molecule is CCOC1CC(N)(C(=O)NCc2nc(C(F)(F)F)cs2)C1(C)C. The highest BCUT2D eigenvalue weighted by Gasteiger charge is 2.62. The Morgan fingerprint density at radius 1 is 1.57 bits per heavy atom. The molecule has 1 fully saturated rings. The van der Waals surface area contributed by atoms with Crippen molar-refractivity contribution in [1.82, 2.24) is 10.3 Å². The molecule has 1 saturated carbocycles. The number of alkyl halides is 3. The molecule has 1 heterocycles. The summed E-state index contributed by atoms with van der Waals surface area (Å²) < 4.78 is 43.0. The van der Waals surface area contributed by atoms with E-state index in [1.807, 2.05) is 20.8 Å². The van der Waals surface area contributed by atoms with Gasteiger partial charge in [0.2, 0.25) is 5.91 Å². The Bertz CT molecular complexity index is 588. The van der Waals surface area contributed by atoms with E-state index in [9.17, 15) is 18.0 Å². The molecule has 9 heteroatoms. The summed E-state index contributed by atoms with van der Waals surface area (Å²) >= 11 is 0.852. The number of halogens is 3. The molecule has 1 amide bonds. The molecule has 2 atom stereocenters. The molecule has 0 aliphatic heterocycles. The molecule has 1 aliphatic rings. The number of aromatic nitrogens is 1. The number of nitrogens with two attached hydrogens (primary N) is 1. The fraction of sp³-hybridized carbons (Fsp3) is 0.714. The van der Waals surface area contributed by atoms with Crippen LogP contribution in [0.1, 0.15) is 37.9 Å². The highest BCUT2D eigenvalue weighted by Crippen LogP contribution is 2.49. The third-order valence-electron chi connectivity index (χ3n) is 4.48. The van der Waals surface area contributed by atoms with E-state index >= 15 is 0 Å². The van der Waals surface area contributed by atoms with Gasteiger partial charge in [0.15, 0.2) is 5.69 Å². The van der Waals surface area contributed by atoms with Gasteiger partial charge in [0, 0.05) is 23.8 Å². The maximum Gasteiger partial charge on any atom is 0.434 e. The van der Waals surface area contributed by atoms with E-state index in [1.54, 1.807) is 0 Å². The lowest BCUT2D eigenvalue weighted by Gasteiger charge is -2.57. The van der Waals surface area contributed by atoms with Crippen LogP contribution in [0.25, 0.3) is 0 Å². The Morgan fingerprint density at radius 3 is 2.70 bits per heavy atom. The van der Waals surface area contributed by atoms with Crippen molar-refractivity contribution in [1.29, 1.82) is 0 Å². The van der Waals surface area contributed by atoms with E-state index < -0.39 is 28.7 Å². The maximum atomic E-state index is 12.5. The van der Waals surface area contributed by atoms with Crippen molar-refractivity contribution in [3.63, 3.8) is 0 Å². The quantitative estimate of drug-likeness (QED) is 0.853. The summed E-state index contributed by atoms with van der Waals surface area (Å²) in [5, 5.41) is 3.70. The topological polar surface area (TPSA) is 77.2 Å². The molecule has 0 radical (unpaired) electrons. The Hall–Kier alpha value is -1.19. The molecule has 5 nitrogen and oxygen atoms in total. The van der Waals surface area contributed by atoms with Crippen molar-refractivity contribution in [2.45, 2.75) is 51.6 Å². The lowest BCUT2D eigenvalue weighted by molar-refractivity contribution is -0.170. The van der Waals surface area contributed by atoms with Gasteiger partial charge in [-0.15, -0.1) is 11.3 Å². The Labute approximate surface area is 136 Å². The number of ether oxygens (including phenoxy) is 1. The molecule has 130 valence electrons. The van der Waals surface area contributed by atoms with Crippen LogP contribution in [-0.2, 0) is 22.3 Å². The van der Waals surface area contributed by atoms with Crippen molar-refractivity contribution in [3.05, 3.63) is 16.1 Å². The molecule has 3 N–H and O–H groups in total. The average Bonchev–Trinajstić information content (AvgIpc) is 2.93. The molecule has 2 rings (SSSR count). The zero-order valence-electron chi connectivity index (χ0n) is 13.2. The first-order valence-electron chi connectivity index (χ1n) is 7.22. The number of nitrogens with one attached hydrogen (secondary N) is 1. The number of carbonyl (C=O) groups excluding carboxylic acids is 1. The zero-order chi connectivity index (χ0) is 17.5. The predicted molar refractivity (Wildman–Crippen MR) is 79.7 cm³/mol. The van der Waals surface area contributed by atoms with Crippen molar-refractivity contribution in [2.24, 2.45) is 11.1 Å². The van der Waals surface area contributed by atoms with Gasteiger partial charge in [-0.1, -0.05) is 13.8 Å². The Kier molecular flexibility index (Phi) is 4.76. The summed E-state index contributed by atoms with van der Waals surface area (Å²) in [4.78, 5) is 15.8. The second kappa shape index (κ2) is 6.03. The van der Waals surface area contributed by atoms with E-state index in [1.165, 1.54) is 0 Å². The van der Waals surface area contributed by atoms with E-state index in [2.05, 4.69) is 10.3 Å². The highest BCUT2D eigenvalue weighted by atomic mass is 32.1. The first kappa shape index (κ1) is 18.2. The molecule has 0 bridgehead atoms. The van der Waals surface area contributed by atoms with Crippen molar-refractivity contribution in [3.8, 4) is 0 Å². The number of hydrogen-bond donors (Lipinski definition) is 2. The van der Waals surface area contributed by atoms with E-state index in [0.29, 0.717) is 13.0 Å².